The lowest BCUT2D eigenvalue weighted by Crippen LogP contribution is -2.34. The van der Waals surface area contributed by atoms with E-state index < -0.39 is 0 Å². The first kappa shape index (κ1) is 3.67. The first-order valence-corrected chi connectivity index (χ1v) is 2.75. The highest BCUT2D eigenvalue weighted by Gasteiger charge is 2.31. The third-order valence-electron chi connectivity index (χ3n) is 1.73. The zero-order valence-electron chi connectivity index (χ0n) is 4.13. The van der Waals surface area contributed by atoms with Crippen LogP contribution in [0.15, 0.2) is 12.2 Å². The summed E-state index contributed by atoms with van der Waals surface area (Å²) in [7, 11) is 0. The van der Waals surface area contributed by atoms with Crippen LogP contribution in [0.1, 0.15) is 6.42 Å². The van der Waals surface area contributed by atoms with Crippen molar-refractivity contribution in [2.75, 3.05) is 6.61 Å². The van der Waals surface area contributed by atoms with Gasteiger partial charge in [0.25, 0.3) is 0 Å². The second kappa shape index (κ2) is 1.10. The Balaban J connectivity index is 2.14. The smallest absolute Gasteiger partial charge is 0.0694 e. The van der Waals surface area contributed by atoms with E-state index in [4.69, 9.17) is 4.74 Å². The summed E-state index contributed by atoms with van der Waals surface area (Å²) in [6.45, 7) is 0.973. The standard InChI is InChI=1S/C6H8O/c1-2-5-4-7-6(5)3-1/h1-2,5-6H,3-4H2. The van der Waals surface area contributed by atoms with Crippen LogP contribution in [-0.2, 0) is 4.74 Å². The van der Waals surface area contributed by atoms with E-state index in [2.05, 4.69) is 12.2 Å². The van der Waals surface area contributed by atoms with Crippen molar-refractivity contribution in [2.24, 2.45) is 5.92 Å². The Morgan fingerprint density at radius 2 is 2.57 bits per heavy atom. The molecule has 1 fully saturated rings. The minimum atomic E-state index is 0.583. The fraction of sp³-hybridized carbons (Fsp3) is 0.667. The summed E-state index contributed by atoms with van der Waals surface area (Å²) in [6.07, 6.45) is 6.21. The molecule has 0 radical (unpaired) electrons. The van der Waals surface area contributed by atoms with Gasteiger partial charge in [-0.15, -0.1) is 0 Å². The summed E-state index contributed by atoms with van der Waals surface area (Å²) >= 11 is 0. The van der Waals surface area contributed by atoms with E-state index in [-0.39, 0.29) is 0 Å². The van der Waals surface area contributed by atoms with Crippen LogP contribution in [0.4, 0.5) is 0 Å². The van der Waals surface area contributed by atoms with Gasteiger partial charge in [-0.05, 0) is 6.42 Å². The molecule has 0 N–H and O–H groups in total. The van der Waals surface area contributed by atoms with Crippen molar-refractivity contribution in [2.45, 2.75) is 12.5 Å². The van der Waals surface area contributed by atoms with Crippen LogP contribution < -0.4 is 0 Å². The Morgan fingerprint density at radius 3 is 2.86 bits per heavy atom. The topological polar surface area (TPSA) is 9.23 Å². The molecule has 7 heavy (non-hydrogen) atoms. The second-order valence-electron chi connectivity index (χ2n) is 2.20. The fourth-order valence-corrected chi connectivity index (χ4v) is 1.15. The van der Waals surface area contributed by atoms with E-state index >= 15 is 0 Å². The third kappa shape index (κ3) is 0.361. The summed E-state index contributed by atoms with van der Waals surface area (Å²) in [6, 6.07) is 0. The molecule has 0 aromatic rings. The molecule has 0 aromatic heterocycles. The quantitative estimate of drug-likeness (QED) is 0.408. The zero-order chi connectivity index (χ0) is 4.69. The monoisotopic (exact) mass is 96.1 g/mol. The highest BCUT2D eigenvalue weighted by Crippen LogP contribution is 2.29. The lowest BCUT2D eigenvalue weighted by atomic mass is 10.0. The average molecular weight is 96.1 g/mol. The Kier molecular flexibility index (Phi) is 0.577. The van der Waals surface area contributed by atoms with Crippen LogP contribution in [0.2, 0.25) is 0 Å². The minimum absolute atomic E-state index is 0.583. The van der Waals surface area contributed by atoms with E-state index in [9.17, 15) is 0 Å². The van der Waals surface area contributed by atoms with Crippen molar-refractivity contribution in [3.63, 3.8) is 0 Å². The molecule has 1 saturated heterocycles. The van der Waals surface area contributed by atoms with Crippen molar-refractivity contribution >= 4 is 0 Å². The van der Waals surface area contributed by atoms with Gasteiger partial charge in [0.05, 0.1) is 12.7 Å². The molecule has 2 atom stereocenters. The third-order valence-corrected chi connectivity index (χ3v) is 1.73. The molecule has 1 nitrogen and oxygen atoms in total. The van der Waals surface area contributed by atoms with Crippen LogP contribution >= 0.6 is 0 Å². The molecule has 0 spiro atoms. The average Bonchev–Trinajstić information content (AvgIpc) is 1.85. The molecule has 0 saturated carbocycles. The van der Waals surface area contributed by atoms with Gasteiger partial charge in [0.2, 0.25) is 0 Å². The van der Waals surface area contributed by atoms with E-state index in [0.717, 1.165) is 18.9 Å². The van der Waals surface area contributed by atoms with Gasteiger partial charge in [-0.25, -0.2) is 0 Å². The van der Waals surface area contributed by atoms with Crippen LogP contribution in [0.5, 0.6) is 0 Å². The van der Waals surface area contributed by atoms with Crippen LogP contribution in [-0.4, -0.2) is 12.7 Å². The number of hydrogen-bond donors (Lipinski definition) is 0. The Labute approximate surface area is 43.0 Å². The van der Waals surface area contributed by atoms with E-state index in [0.29, 0.717) is 6.10 Å². The molecule has 0 bridgehead atoms. The Bertz CT molecular complexity index is 107. The normalized spacial score (nSPS) is 45.7. The lowest BCUT2D eigenvalue weighted by Gasteiger charge is -2.29. The van der Waals surface area contributed by atoms with E-state index in [1.807, 2.05) is 0 Å². The maximum atomic E-state index is 5.19. The van der Waals surface area contributed by atoms with Crippen molar-refractivity contribution in [1.82, 2.24) is 0 Å². The highest BCUT2D eigenvalue weighted by molar-refractivity contribution is 5.06. The molecule has 38 valence electrons. The molecule has 1 heteroatoms. The van der Waals surface area contributed by atoms with Gasteiger partial charge >= 0.3 is 0 Å². The fourth-order valence-electron chi connectivity index (χ4n) is 1.15. The van der Waals surface area contributed by atoms with Gasteiger partial charge in [0.15, 0.2) is 0 Å². The molecule has 2 aliphatic rings. The molecule has 2 rings (SSSR count). The first-order valence-electron chi connectivity index (χ1n) is 2.75. The highest BCUT2D eigenvalue weighted by atomic mass is 16.5. The van der Waals surface area contributed by atoms with Gasteiger partial charge in [-0.1, -0.05) is 12.2 Å². The Morgan fingerprint density at radius 1 is 1.57 bits per heavy atom. The Hall–Kier alpha value is -0.300. The molecule has 1 aliphatic heterocycles. The lowest BCUT2D eigenvalue weighted by molar-refractivity contribution is -0.0819. The number of ether oxygens (including phenoxy) is 1. The number of hydrogen-bond acceptors (Lipinski definition) is 1. The summed E-state index contributed by atoms with van der Waals surface area (Å²) in [5.74, 6) is 0.792. The summed E-state index contributed by atoms with van der Waals surface area (Å²) in [5, 5.41) is 0. The second-order valence-corrected chi connectivity index (χ2v) is 2.20. The van der Waals surface area contributed by atoms with Crippen molar-refractivity contribution < 1.29 is 4.74 Å². The van der Waals surface area contributed by atoms with E-state index in [1.165, 1.54) is 0 Å². The van der Waals surface area contributed by atoms with Crippen LogP contribution in [0, 0.1) is 5.92 Å². The van der Waals surface area contributed by atoms with Crippen molar-refractivity contribution in [3.8, 4) is 0 Å². The molecule has 2 unspecified atom stereocenters. The first-order chi connectivity index (χ1) is 3.47. The summed E-state index contributed by atoms with van der Waals surface area (Å²) in [4.78, 5) is 0. The van der Waals surface area contributed by atoms with Crippen molar-refractivity contribution in [3.05, 3.63) is 12.2 Å². The van der Waals surface area contributed by atoms with Gasteiger partial charge in [-0.3, -0.25) is 0 Å². The van der Waals surface area contributed by atoms with Gasteiger partial charge in [0.1, 0.15) is 0 Å². The number of rotatable bonds is 0. The van der Waals surface area contributed by atoms with Gasteiger partial charge < -0.3 is 4.74 Å². The summed E-state index contributed by atoms with van der Waals surface area (Å²) in [5.41, 5.74) is 0. The molecular formula is C6H8O. The maximum absolute atomic E-state index is 5.19. The minimum Gasteiger partial charge on any atom is -0.376 e. The van der Waals surface area contributed by atoms with Crippen LogP contribution in [0.3, 0.4) is 0 Å². The van der Waals surface area contributed by atoms with Crippen LogP contribution in [0.25, 0.3) is 0 Å². The molecule has 1 heterocycles. The molecule has 0 aromatic carbocycles. The van der Waals surface area contributed by atoms with Gasteiger partial charge in [0, 0.05) is 5.92 Å². The van der Waals surface area contributed by atoms with Crippen molar-refractivity contribution in [1.29, 1.82) is 0 Å². The molecule has 1 aliphatic carbocycles. The largest absolute Gasteiger partial charge is 0.376 e. The van der Waals surface area contributed by atoms with E-state index in [1.54, 1.807) is 0 Å². The maximum Gasteiger partial charge on any atom is 0.0694 e. The molecule has 0 amide bonds. The SMILES string of the molecule is C1=CC2COC2C1. The number of fused-ring (bicyclic) bond motifs is 1. The zero-order valence-corrected chi connectivity index (χ0v) is 4.13. The molecular weight excluding hydrogens is 88.1 g/mol. The van der Waals surface area contributed by atoms with Gasteiger partial charge in [-0.2, -0.15) is 0 Å². The predicted molar refractivity (Wildman–Crippen MR) is 27.0 cm³/mol. The predicted octanol–water partition coefficient (Wildman–Crippen LogP) is 0.961. The summed E-state index contributed by atoms with van der Waals surface area (Å²) < 4.78 is 5.19.